The van der Waals surface area contributed by atoms with E-state index in [9.17, 15) is 9.59 Å². The van der Waals surface area contributed by atoms with Gasteiger partial charge in [-0.25, -0.2) is 0 Å². The minimum absolute atomic E-state index is 0.0630. The number of nitrogens with one attached hydrogen (secondary N) is 2. The van der Waals surface area contributed by atoms with Crippen LogP contribution in [0.15, 0.2) is 42.5 Å². The fourth-order valence-electron chi connectivity index (χ4n) is 2.69. The zero-order valence-electron chi connectivity index (χ0n) is 16.6. The number of carbonyl (C=O) groups excluding carboxylic acids is 2. The summed E-state index contributed by atoms with van der Waals surface area (Å²) in [5.74, 6) is 0.138. The summed E-state index contributed by atoms with van der Waals surface area (Å²) in [6.07, 6.45) is 0.137. The number of aryl methyl sites for hydroxylation is 2. The van der Waals surface area contributed by atoms with E-state index in [2.05, 4.69) is 10.6 Å². The van der Waals surface area contributed by atoms with Crippen molar-refractivity contribution in [3.63, 3.8) is 0 Å². The second kappa shape index (κ2) is 9.21. The molecule has 5 heteroatoms. The molecular formula is C22H28N2O3. The van der Waals surface area contributed by atoms with Crippen LogP contribution in [0.4, 0.5) is 5.69 Å². The van der Waals surface area contributed by atoms with Crippen molar-refractivity contribution < 1.29 is 14.3 Å². The summed E-state index contributed by atoms with van der Waals surface area (Å²) in [6, 6.07) is 12.9. The van der Waals surface area contributed by atoms with Crippen molar-refractivity contribution in [1.82, 2.24) is 5.32 Å². The molecule has 144 valence electrons. The van der Waals surface area contributed by atoms with Gasteiger partial charge in [-0.15, -0.1) is 0 Å². The van der Waals surface area contributed by atoms with Crippen molar-refractivity contribution in [2.45, 2.75) is 53.2 Å². The van der Waals surface area contributed by atoms with Crippen molar-refractivity contribution in [3.05, 3.63) is 59.2 Å². The summed E-state index contributed by atoms with van der Waals surface area (Å²) in [5, 5.41) is 5.73. The van der Waals surface area contributed by atoms with Crippen LogP contribution in [0.2, 0.25) is 0 Å². The zero-order chi connectivity index (χ0) is 20.0. The predicted octanol–water partition coefficient (Wildman–Crippen LogP) is 4.24. The largest absolute Gasteiger partial charge is 0.481 e. The molecule has 0 aliphatic rings. The SMILES string of the molecule is CC[C@@H](C)NC(=O)c1ccccc1NC(=O)[C@@H](C)Oc1cc(C)cc(C)c1. The minimum atomic E-state index is -0.697. The normalized spacial score (nSPS) is 12.8. The Labute approximate surface area is 161 Å². The van der Waals surface area contributed by atoms with E-state index in [0.29, 0.717) is 17.0 Å². The van der Waals surface area contributed by atoms with Gasteiger partial charge in [-0.2, -0.15) is 0 Å². The molecule has 0 radical (unpaired) electrons. The second-order valence-electron chi connectivity index (χ2n) is 6.90. The Bertz CT molecular complexity index is 797. The number of anilines is 1. The van der Waals surface area contributed by atoms with Crippen LogP contribution in [0.1, 0.15) is 48.7 Å². The maximum Gasteiger partial charge on any atom is 0.265 e. The summed E-state index contributed by atoms with van der Waals surface area (Å²) < 4.78 is 5.78. The average molecular weight is 368 g/mol. The average Bonchev–Trinajstić information content (AvgIpc) is 2.60. The van der Waals surface area contributed by atoms with Crippen molar-refractivity contribution in [3.8, 4) is 5.75 Å². The Morgan fingerprint density at radius 2 is 1.67 bits per heavy atom. The van der Waals surface area contributed by atoms with Crippen LogP contribution < -0.4 is 15.4 Å². The molecule has 27 heavy (non-hydrogen) atoms. The van der Waals surface area contributed by atoms with Gasteiger partial charge < -0.3 is 15.4 Å². The Hall–Kier alpha value is -2.82. The Balaban J connectivity index is 2.09. The molecule has 2 N–H and O–H groups in total. The molecule has 2 amide bonds. The standard InChI is InChI=1S/C22H28N2O3/c1-6-16(4)23-22(26)19-9-7-8-10-20(19)24-21(25)17(5)27-18-12-14(2)11-15(3)13-18/h7-13,16-17H,6H2,1-5H3,(H,23,26)(H,24,25)/t16-,17-/m1/s1. The van der Waals surface area contributed by atoms with E-state index in [0.717, 1.165) is 17.5 Å². The van der Waals surface area contributed by atoms with Crippen molar-refractivity contribution in [2.75, 3.05) is 5.32 Å². The summed E-state index contributed by atoms with van der Waals surface area (Å²) >= 11 is 0. The van der Waals surface area contributed by atoms with E-state index in [1.807, 2.05) is 45.9 Å². The number of rotatable bonds is 7. The lowest BCUT2D eigenvalue weighted by molar-refractivity contribution is -0.122. The first-order valence-corrected chi connectivity index (χ1v) is 9.25. The highest BCUT2D eigenvalue weighted by Crippen LogP contribution is 2.19. The third kappa shape index (κ3) is 5.84. The van der Waals surface area contributed by atoms with Crippen LogP contribution in [0, 0.1) is 13.8 Å². The van der Waals surface area contributed by atoms with Gasteiger partial charge in [-0.1, -0.05) is 25.1 Å². The van der Waals surface area contributed by atoms with Crippen LogP contribution in [0.3, 0.4) is 0 Å². The molecule has 2 aromatic carbocycles. The number of para-hydroxylation sites is 1. The smallest absolute Gasteiger partial charge is 0.265 e. The van der Waals surface area contributed by atoms with E-state index in [4.69, 9.17) is 4.74 Å². The van der Waals surface area contributed by atoms with Gasteiger partial charge in [0.15, 0.2) is 6.10 Å². The second-order valence-corrected chi connectivity index (χ2v) is 6.90. The molecule has 0 spiro atoms. The van der Waals surface area contributed by atoms with E-state index in [-0.39, 0.29) is 17.9 Å². The summed E-state index contributed by atoms with van der Waals surface area (Å²) in [5.41, 5.74) is 3.05. The summed E-state index contributed by atoms with van der Waals surface area (Å²) in [6.45, 7) is 9.60. The number of carbonyl (C=O) groups is 2. The molecule has 0 aliphatic heterocycles. The van der Waals surface area contributed by atoms with E-state index in [1.165, 1.54) is 0 Å². The first kappa shape index (κ1) is 20.5. The number of ether oxygens (including phenoxy) is 1. The lowest BCUT2D eigenvalue weighted by Crippen LogP contribution is -2.34. The third-order valence-electron chi connectivity index (χ3n) is 4.30. The van der Waals surface area contributed by atoms with Crippen LogP contribution in [0.5, 0.6) is 5.75 Å². The van der Waals surface area contributed by atoms with Gasteiger partial charge >= 0.3 is 0 Å². The van der Waals surface area contributed by atoms with Gasteiger partial charge in [0.2, 0.25) is 0 Å². The number of benzene rings is 2. The fourth-order valence-corrected chi connectivity index (χ4v) is 2.69. The molecular weight excluding hydrogens is 340 g/mol. The van der Waals surface area contributed by atoms with E-state index < -0.39 is 6.10 Å². The summed E-state index contributed by atoms with van der Waals surface area (Å²) in [4.78, 5) is 25.0. The van der Waals surface area contributed by atoms with Crippen LogP contribution in [-0.2, 0) is 4.79 Å². The van der Waals surface area contributed by atoms with Gasteiger partial charge in [0.1, 0.15) is 5.75 Å². The highest BCUT2D eigenvalue weighted by Gasteiger charge is 2.19. The van der Waals surface area contributed by atoms with Crippen LogP contribution in [-0.4, -0.2) is 24.0 Å². The maximum absolute atomic E-state index is 12.6. The molecule has 0 saturated carbocycles. The molecule has 5 nitrogen and oxygen atoms in total. The number of hydrogen-bond donors (Lipinski definition) is 2. The van der Waals surface area contributed by atoms with Crippen LogP contribution in [0.25, 0.3) is 0 Å². The van der Waals surface area contributed by atoms with Gasteiger partial charge in [-0.3, -0.25) is 9.59 Å². The molecule has 2 aromatic rings. The lowest BCUT2D eigenvalue weighted by atomic mass is 10.1. The van der Waals surface area contributed by atoms with E-state index >= 15 is 0 Å². The molecule has 2 atom stereocenters. The Morgan fingerprint density at radius 3 is 2.30 bits per heavy atom. The number of amides is 2. The molecule has 0 fully saturated rings. The van der Waals surface area contributed by atoms with Gasteiger partial charge in [0, 0.05) is 6.04 Å². The minimum Gasteiger partial charge on any atom is -0.481 e. The first-order valence-electron chi connectivity index (χ1n) is 9.25. The molecule has 0 heterocycles. The molecule has 0 aliphatic carbocycles. The Kier molecular flexibility index (Phi) is 6.99. The van der Waals surface area contributed by atoms with Gasteiger partial charge in [0.05, 0.1) is 11.3 Å². The molecule has 0 saturated heterocycles. The Morgan fingerprint density at radius 1 is 1.04 bits per heavy atom. The molecule has 2 rings (SSSR count). The van der Waals surface area contributed by atoms with Gasteiger partial charge in [0.25, 0.3) is 11.8 Å². The van der Waals surface area contributed by atoms with Gasteiger partial charge in [-0.05, 0) is 69.5 Å². The predicted molar refractivity (Wildman–Crippen MR) is 108 cm³/mol. The third-order valence-corrected chi connectivity index (χ3v) is 4.30. The topological polar surface area (TPSA) is 67.4 Å². The van der Waals surface area contributed by atoms with Crippen molar-refractivity contribution in [2.24, 2.45) is 0 Å². The van der Waals surface area contributed by atoms with Crippen molar-refractivity contribution in [1.29, 1.82) is 0 Å². The first-order chi connectivity index (χ1) is 12.8. The zero-order valence-corrected chi connectivity index (χ0v) is 16.6. The van der Waals surface area contributed by atoms with Crippen molar-refractivity contribution >= 4 is 17.5 Å². The van der Waals surface area contributed by atoms with Crippen LogP contribution >= 0.6 is 0 Å². The molecule has 0 bridgehead atoms. The monoisotopic (exact) mass is 368 g/mol. The molecule has 0 unspecified atom stereocenters. The lowest BCUT2D eigenvalue weighted by Gasteiger charge is -2.18. The van der Waals surface area contributed by atoms with E-state index in [1.54, 1.807) is 31.2 Å². The highest BCUT2D eigenvalue weighted by molar-refractivity contribution is 6.04. The summed E-state index contributed by atoms with van der Waals surface area (Å²) in [7, 11) is 0. The molecule has 0 aromatic heterocycles. The fraction of sp³-hybridized carbons (Fsp3) is 0.364. The quantitative estimate of drug-likeness (QED) is 0.768. The highest BCUT2D eigenvalue weighted by atomic mass is 16.5. The maximum atomic E-state index is 12.6. The number of hydrogen-bond acceptors (Lipinski definition) is 3.